The van der Waals surface area contributed by atoms with Gasteiger partial charge in [0.1, 0.15) is 0 Å². The summed E-state index contributed by atoms with van der Waals surface area (Å²) in [6, 6.07) is 14.6. The van der Waals surface area contributed by atoms with Crippen LogP contribution in [-0.2, 0) is 0 Å². The fourth-order valence-electron chi connectivity index (χ4n) is 1.86. The molecule has 1 heterocycles. The first-order valence-corrected chi connectivity index (χ1v) is 6.03. The van der Waals surface area contributed by atoms with Gasteiger partial charge in [0.05, 0.1) is 5.36 Å². The molecule has 2 heteroatoms. The van der Waals surface area contributed by atoms with Gasteiger partial charge in [-0.2, -0.15) is 0 Å². The maximum atomic E-state index is 4.55. The highest BCUT2D eigenvalue weighted by molar-refractivity contribution is 7.98. The summed E-state index contributed by atoms with van der Waals surface area (Å²) >= 11 is 1.56. The highest BCUT2D eigenvalue weighted by Gasteiger charge is 2.05. The molecule has 0 N–H and O–H groups in total. The van der Waals surface area contributed by atoms with Gasteiger partial charge in [0, 0.05) is 22.1 Å². The minimum atomic E-state index is 1.06. The van der Waals surface area contributed by atoms with E-state index in [1.165, 1.54) is 21.2 Å². The molecule has 16 heavy (non-hydrogen) atoms. The molecule has 0 atom stereocenters. The van der Waals surface area contributed by atoms with Crippen LogP contribution in [0.4, 0.5) is 0 Å². The van der Waals surface area contributed by atoms with Gasteiger partial charge in [0.2, 0.25) is 0 Å². The summed E-state index contributed by atoms with van der Waals surface area (Å²) in [6.07, 6.45) is 2.23. The summed E-state index contributed by atoms with van der Waals surface area (Å²) in [5.41, 5.74) is 2.60. The monoisotopic (exact) mass is 225 g/mol. The predicted molar refractivity (Wildman–Crippen MR) is 67.8 cm³/mol. The Labute approximate surface area is 98.7 Å². The first-order valence-electron chi connectivity index (χ1n) is 5.26. The van der Waals surface area contributed by atoms with Crippen molar-refractivity contribution in [1.29, 1.82) is 0 Å². The van der Waals surface area contributed by atoms with Crippen molar-refractivity contribution in [2.24, 2.45) is 4.40 Å². The Balaban J connectivity index is 2.38. The maximum Gasteiger partial charge on any atom is 0.0789 e. The van der Waals surface area contributed by atoms with Crippen LogP contribution in [0.15, 0.2) is 51.8 Å². The Hall–Kier alpha value is -1.54. The molecule has 0 bridgehead atoms. The van der Waals surface area contributed by atoms with E-state index in [1.807, 2.05) is 6.07 Å². The van der Waals surface area contributed by atoms with Crippen molar-refractivity contribution in [3.63, 3.8) is 0 Å². The van der Waals surface area contributed by atoms with Gasteiger partial charge in [0.15, 0.2) is 0 Å². The summed E-state index contributed by atoms with van der Waals surface area (Å²) in [7, 11) is 0. The summed E-state index contributed by atoms with van der Waals surface area (Å²) in [5, 5.41) is 2.26. The molecule has 0 saturated carbocycles. The zero-order valence-electron chi connectivity index (χ0n) is 8.97. The molecule has 0 radical (unpaired) electrons. The molecule has 1 nitrogen and oxygen atoms in total. The molecule has 0 aromatic heterocycles. The van der Waals surface area contributed by atoms with Crippen LogP contribution in [0, 0.1) is 6.92 Å². The van der Waals surface area contributed by atoms with Gasteiger partial charge in [-0.05, 0) is 36.3 Å². The zero-order valence-corrected chi connectivity index (χ0v) is 9.79. The average Bonchev–Trinajstić information content (AvgIpc) is 2.50. The Morgan fingerprint density at radius 3 is 2.81 bits per heavy atom. The van der Waals surface area contributed by atoms with Crippen LogP contribution in [0.1, 0.15) is 11.1 Å². The van der Waals surface area contributed by atoms with E-state index in [2.05, 4.69) is 53.8 Å². The topological polar surface area (TPSA) is 12.4 Å². The summed E-state index contributed by atoms with van der Waals surface area (Å²) < 4.78 is 4.55. The fourth-order valence-corrected chi connectivity index (χ4v) is 2.69. The number of fused-ring (bicyclic) bond motifs is 2. The molecular weight excluding hydrogens is 214 g/mol. The van der Waals surface area contributed by atoms with Crippen LogP contribution >= 0.6 is 11.9 Å². The molecule has 0 fully saturated rings. The third-order valence-corrected chi connectivity index (χ3v) is 3.60. The largest absolute Gasteiger partial charge is 0.211 e. The lowest BCUT2D eigenvalue weighted by atomic mass is 10.1. The second kappa shape index (κ2) is 3.80. The summed E-state index contributed by atoms with van der Waals surface area (Å²) in [5.74, 6) is 0. The molecule has 1 aliphatic heterocycles. The molecule has 0 amide bonds. The van der Waals surface area contributed by atoms with E-state index >= 15 is 0 Å². The first-order chi connectivity index (χ1) is 7.84. The van der Waals surface area contributed by atoms with Crippen LogP contribution in [0.25, 0.3) is 6.08 Å². The summed E-state index contributed by atoms with van der Waals surface area (Å²) in [6.45, 7) is 2.14. The number of aryl methyl sites for hydroxylation is 1. The van der Waals surface area contributed by atoms with E-state index in [4.69, 9.17) is 0 Å². The Bertz CT molecular complexity index is 659. The van der Waals surface area contributed by atoms with Crippen molar-refractivity contribution >= 4 is 18.0 Å². The van der Waals surface area contributed by atoms with E-state index in [1.54, 1.807) is 11.9 Å². The molecule has 0 saturated heterocycles. The molecule has 78 valence electrons. The third-order valence-electron chi connectivity index (χ3n) is 2.76. The number of rotatable bonds is 0. The molecule has 0 aliphatic carbocycles. The van der Waals surface area contributed by atoms with E-state index in [0.717, 1.165) is 5.36 Å². The van der Waals surface area contributed by atoms with Crippen LogP contribution in [0.3, 0.4) is 0 Å². The molecule has 0 unspecified atom stereocenters. The van der Waals surface area contributed by atoms with Crippen molar-refractivity contribution < 1.29 is 0 Å². The van der Waals surface area contributed by atoms with E-state index in [0.29, 0.717) is 0 Å². The molecular formula is C14H11NS. The van der Waals surface area contributed by atoms with Crippen molar-refractivity contribution in [3.05, 3.63) is 64.2 Å². The summed E-state index contributed by atoms with van der Waals surface area (Å²) in [4.78, 5) is 1.23. The van der Waals surface area contributed by atoms with Crippen molar-refractivity contribution in [3.8, 4) is 0 Å². The van der Waals surface area contributed by atoms with Gasteiger partial charge in [-0.1, -0.05) is 30.3 Å². The minimum Gasteiger partial charge on any atom is -0.211 e. The Morgan fingerprint density at radius 2 is 1.88 bits per heavy atom. The second-order valence-corrected chi connectivity index (χ2v) is 4.68. The van der Waals surface area contributed by atoms with Gasteiger partial charge < -0.3 is 0 Å². The van der Waals surface area contributed by atoms with Crippen LogP contribution in [-0.4, -0.2) is 0 Å². The highest BCUT2D eigenvalue weighted by atomic mass is 32.2. The third kappa shape index (κ3) is 1.55. The van der Waals surface area contributed by atoms with Gasteiger partial charge in [-0.25, -0.2) is 4.40 Å². The Kier molecular flexibility index (Phi) is 2.29. The maximum absolute atomic E-state index is 4.55. The molecule has 0 spiro atoms. The fraction of sp³-hybridized carbons (Fsp3) is 0.0714. The van der Waals surface area contributed by atoms with Crippen LogP contribution in [0.2, 0.25) is 0 Å². The van der Waals surface area contributed by atoms with Crippen molar-refractivity contribution in [2.45, 2.75) is 11.8 Å². The predicted octanol–water partition coefficient (Wildman–Crippen LogP) is 2.46. The lowest BCUT2D eigenvalue weighted by Crippen LogP contribution is -2.22. The van der Waals surface area contributed by atoms with E-state index < -0.39 is 0 Å². The smallest absolute Gasteiger partial charge is 0.0789 e. The van der Waals surface area contributed by atoms with Gasteiger partial charge >= 0.3 is 0 Å². The minimum absolute atomic E-state index is 1.06. The average molecular weight is 225 g/mol. The lowest BCUT2D eigenvalue weighted by Gasteiger charge is -2.03. The van der Waals surface area contributed by atoms with Crippen LogP contribution in [0.5, 0.6) is 0 Å². The number of benzene rings is 2. The molecule has 3 rings (SSSR count). The van der Waals surface area contributed by atoms with E-state index in [-0.39, 0.29) is 0 Å². The lowest BCUT2D eigenvalue weighted by molar-refractivity contribution is 1.33. The van der Waals surface area contributed by atoms with Crippen molar-refractivity contribution in [1.82, 2.24) is 0 Å². The van der Waals surface area contributed by atoms with Crippen molar-refractivity contribution in [2.75, 3.05) is 0 Å². The molecule has 2 aromatic rings. The van der Waals surface area contributed by atoms with Gasteiger partial charge in [-0.3, -0.25) is 0 Å². The van der Waals surface area contributed by atoms with E-state index in [9.17, 15) is 0 Å². The number of hydrogen-bond donors (Lipinski definition) is 0. The van der Waals surface area contributed by atoms with Gasteiger partial charge in [0.25, 0.3) is 0 Å². The second-order valence-electron chi connectivity index (χ2n) is 3.87. The molecule has 2 aromatic carbocycles. The Morgan fingerprint density at radius 1 is 1.00 bits per heavy atom. The van der Waals surface area contributed by atoms with Gasteiger partial charge in [-0.15, -0.1) is 0 Å². The number of nitrogens with zero attached hydrogens (tertiary/aromatic N) is 1. The molecule has 1 aliphatic rings. The highest BCUT2D eigenvalue weighted by Crippen LogP contribution is 2.26. The number of hydrogen-bond acceptors (Lipinski definition) is 2. The van der Waals surface area contributed by atoms with Crippen LogP contribution < -0.4 is 10.6 Å². The zero-order chi connectivity index (χ0) is 11.0. The quantitative estimate of drug-likeness (QED) is 0.627. The normalized spacial score (nSPS) is 12.8. The first kappa shape index (κ1) is 9.67. The SMILES string of the molecule is Cc1cccc2c1C=c1ccccc1=NS2. The standard InChI is InChI=1S/C14H11NS/c1-10-5-4-8-14-12(10)9-11-6-2-3-7-13(11)15-16-14/h2-9H,1H3.